The molecule has 3 heterocycles. The molecule has 1 aliphatic carbocycles. The van der Waals surface area contributed by atoms with Gasteiger partial charge in [-0.05, 0) is 161 Å². The fraction of sp³-hybridized carbons (Fsp3) is 0.194. The molecule has 0 atom stereocenters. The highest BCUT2D eigenvalue weighted by molar-refractivity contribution is 7.00. The fourth-order valence-electron chi connectivity index (χ4n) is 12.0. The van der Waals surface area contributed by atoms with Crippen LogP contribution in [0.2, 0.25) is 0 Å². The van der Waals surface area contributed by atoms with Gasteiger partial charge in [0.1, 0.15) is 11.2 Å². The summed E-state index contributed by atoms with van der Waals surface area (Å²) < 4.78 is 6.43. The molecule has 2 aliphatic heterocycles. The Balaban J connectivity index is 1.09. The molecule has 13 rings (SSSR count). The van der Waals surface area contributed by atoms with Crippen molar-refractivity contribution in [1.29, 1.82) is 0 Å². The Labute approximate surface area is 419 Å². The normalized spacial score (nSPS) is 13.8. The maximum atomic E-state index is 6.43. The van der Waals surface area contributed by atoms with Crippen molar-refractivity contribution in [3.8, 4) is 33.4 Å². The van der Waals surface area contributed by atoms with E-state index in [9.17, 15) is 0 Å². The zero-order valence-corrected chi connectivity index (χ0v) is 42.4. The number of hydrogen-bond acceptors (Lipinski definition) is 3. The highest BCUT2D eigenvalue weighted by Crippen LogP contribution is 2.50. The largest absolute Gasteiger partial charge is 0.456 e. The molecule has 1 aromatic heterocycles. The highest BCUT2D eigenvalue weighted by atomic mass is 16.3. The lowest BCUT2D eigenvalue weighted by Gasteiger charge is -2.45. The zero-order valence-electron chi connectivity index (χ0n) is 42.4. The summed E-state index contributed by atoms with van der Waals surface area (Å²) in [5, 5.41) is 2.28. The van der Waals surface area contributed by atoms with Crippen LogP contribution < -0.4 is 26.2 Å². The molecule has 3 nitrogen and oxygen atoms in total. The quantitative estimate of drug-likeness (QED) is 0.164. The van der Waals surface area contributed by atoms with Crippen LogP contribution in [-0.2, 0) is 22.7 Å². The van der Waals surface area contributed by atoms with Gasteiger partial charge >= 0.3 is 0 Å². The number of anilines is 6. The number of para-hydroxylation sites is 1. The molecule has 0 N–H and O–H groups in total. The third-order valence-electron chi connectivity index (χ3n) is 15.7. The molecule has 346 valence electrons. The number of hydrogen-bond donors (Lipinski definition) is 0. The molecule has 0 radical (unpaired) electrons. The van der Waals surface area contributed by atoms with Gasteiger partial charge < -0.3 is 14.2 Å². The van der Waals surface area contributed by atoms with Crippen molar-refractivity contribution in [1.82, 2.24) is 0 Å². The van der Waals surface area contributed by atoms with Gasteiger partial charge in [-0.25, -0.2) is 0 Å². The summed E-state index contributed by atoms with van der Waals surface area (Å²) in [5.41, 5.74) is 27.1. The van der Waals surface area contributed by atoms with Crippen LogP contribution in [-0.4, -0.2) is 6.71 Å². The van der Waals surface area contributed by atoms with E-state index in [2.05, 4.69) is 254 Å². The second kappa shape index (κ2) is 15.5. The first-order valence-corrected chi connectivity index (χ1v) is 25.5. The van der Waals surface area contributed by atoms with E-state index in [0.29, 0.717) is 0 Å². The van der Waals surface area contributed by atoms with Gasteiger partial charge in [0.2, 0.25) is 0 Å². The molecule has 0 fully saturated rings. The number of benzene rings is 9. The van der Waals surface area contributed by atoms with E-state index in [1.54, 1.807) is 0 Å². The first-order valence-electron chi connectivity index (χ1n) is 25.5. The van der Waals surface area contributed by atoms with Gasteiger partial charge in [-0.3, -0.25) is 0 Å². The minimum Gasteiger partial charge on any atom is -0.456 e. The van der Waals surface area contributed by atoms with Crippen LogP contribution in [0.4, 0.5) is 34.1 Å². The fourth-order valence-corrected chi connectivity index (χ4v) is 12.0. The molecule has 4 heteroatoms. The third kappa shape index (κ3) is 6.85. The molecule has 0 saturated carbocycles. The molecule has 0 saturated heterocycles. The molecule has 3 aliphatic rings. The van der Waals surface area contributed by atoms with Gasteiger partial charge in [0.05, 0.1) is 0 Å². The maximum Gasteiger partial charge on any atom is 0.252 e. The Morgan fingerprint density at radius 3 is 1.69 bits per heavy atom. The molecule has 0 amide bonds. The lowest BCUT2D eigenvalue weighted by Crippen LogP contribution is -2.61. The first-order chi connectivity index (χ1) is 34.1. The zero-order chi connectivity index (χ0) is 48.7. The van der Waals surface area contributed by atoms with Crippen LogP contribution in [0, 0.1) is 0 Å². The Hall–Kier alpha value is -7.56. The van der Waals surface area contributed by atoms with Crippen LogP contribution in [0.3, 0.4) is 0 Å². The minimum atomic E-state index is -0.151. The van der Waals surface area contributed by atoms with E-state index in [1.807, 2.05) is 0 Å². The van der Waals surface area contributed by atoms with Gasteiger partial charge in [-0.2, -0.15) is 0 Å². The van der Waals surface area contributed by atoms with E-state index in [1.165, 1.54) is 94.8 Å². The van der Waals surface area contributed by atoms with Gasteiger partial charge in [0.15, 0.2) is 0 Å². The number of fused-ring (bicyclic) bond motifs is 10. The van der Waals surface area contributed by atoms with Crippen molar-refractivity contribution in [2.75, 3.05) is 9.80 Å². The Morgan fingerprint density at radius 1 is 0.408 bits per heavy atom. The first kappa shape index (κ1) is 43.5. The van der Waals surface area contributed by atoms with E-state index in [0.717, 1.165) is 45.3 Å². The Kier molecular flexibility index (Phi) is 9.47. The van der Waals surface area contributed by atoms with Crippen LogP contribution in [0.25, 0.3) is 55.3 Å². The predicted octanol–water partition coefficient (Wildman–Crippen LogP) is 16.5. The van der Waals surface area contributed by atoms with Gasteiger partial charge in [-0.1, -0.05) is 184 Å². The molecule has 9 aromatic carbocycles. The van der Waals surface area contributed by atoms with Crippen molar-refractivity contribution in [3.63, 3.8) is 0 Å². The highest BCUT2D eigenvalue weighted by Gasteiger charge is 2.45. The van der Waals surface area contributed by atoms with Crippen molar-refractivity contribution < 1.29 is 4.42 Å². The summed E-state index contributed by atoms with van der Waals surface area (Å²) in [6.07, 6.45) is 0.967. The average molecular weight is 919 g/mol. The topological polar surface area (TPSA) is 19.6 Å². The number of rotatable bonds is 4. The average Bonchev–Trinajstić information content (AvgIpc) is 3.94. The molecule has 0 spiro atoms. The van der Waals surface area contributed by atoms with Gasteiger partial charge in [-0.15, -0.1) is 0 Å². The predicted molar refractivity (Wildman–Crippen MR) is 303 cm³/mol. The summed E-state index contributed by atoms with van der Waals surface area (Å²) in [6, 6.07) is 69.0. The van der Waals surface area contributed by atoms with Crippen molar-refractivity contribution in [3.05, 3.63) is 210 Å². The van der Waals surface area contributed by atoms with E-state index in [4.69, 9.17) is 4.42 Å². The van der Waals surface area contributed by atoms with Gasteiger partial charge in [0.25, 0.3) is 6.71 Å². The molecular formula is C67H59BN2O. The second-order valence-electron chi connectivity index (χ2n) is 23.4. The molecule has 0 bridgehead atoms. The molecule has 71 heavy (non-hydrogen) atoms. The monoisotopic (exact) mass is 918 g/mol. The molecule has 0 unspecified atom stereocenters. The summed E-state index contributed by atoms with van der Waals surface area (Å²) in [5.74, 6) is 0. The molecular weight excluding hydrogens is 860 g/mol. The Morgan fingerprint density at radius 2 is 0.958 bits per heavy atom. The second-order valence-corrected chi connectivity index (χ2v) is 23.4. The summed E-state index contributed by atoms with van der Waals surface area (Å²) >= 11 is 0. The maximum absolute atomic E-state index is 6.43. The number of furan rings is 1. The van der Waals surface area contributed by atoms with Crippen molar-refractivity contribution in [2.24, 2.45) is 0 Å². The summed E-state index contributed by atoms with van der Waals surface area (Å²) in [4.78, 5) is 5.20. The lowest BCUT2D eigenvalue weighted by atomic mass is 9.33. The van der Waals surface area contributed by atoms with Crippen LogP contribution >= 0.6 is 0 Å². The molecule has 10 aromatic rings. The van der Waals surface area contributed by atoms with Crippen molar-refractivity contribution in [2.45, 2.75) is 85.0 Å². The Bertz CT molecular complexity index is 3830. The van der Waals surface area contributed by atoms with Crippen LogP contribution in [0.1, 0.15) is 90.1 Å². The van der Waals surface area contributed by atoms with E-state index < -0.39 is 0 Å². The summed E-state index contributed by atoms with van der Waals surface area (Å²) in [7, 11) is 0. The standard InChI is InChI=1S/C67H59BN2O/c1-65(2,3)45-31-33-56-55(37-45)68-54-32-30-46(66(4,5)6)38-57(54)70(49-23-14-19-42(35-49)51-26-16-21-44-34-41-18-10-11-24-50(41)62(44)51)59-40-47(67(7,8)9)39-58(64(59)68)69(56)48-22-15-20-43(36-48)52-27-17-29-61-63(52)53-25-12-13-28-60(53)71-61/h10-33,35-40H,34H2,1-9H3. The van der Waals surface area contributed by atoms with E-state index in [-0.39, 0.29) is 23.0 Å². The van der Waals surface area contributed by atoms with Crippen molar-refractivity contribution >= 4 is 79.2 Å². The number of nitrogens with zero attached hydrogens (tertiary/aromatic N) is 2. The van der Waals surface area contributed by atoms with Crippen LogP contribution in [0.15, 0.2) is 186 Å². The van der Waals surface area contributed by atoms with E-state index >= 15 is 0 Å². The smallest absolute Gasteiger partial charge is 0.252 e. The summed E-state index contributed by atoms with van der Waals surface area (Å²) in [6.45, 7) is 21.1. The minimum absolute atomic E-state index is 0.00543. The SMILES string of the molecule is CC(C)(C)c1ccc2c(c1)B1c3ccc(C(C)(C)C)cc3N(c3cccc(-c4cccc5c4-c4ccccc4C5)c3)c3cc(C(C)(C)C)cc(c31)N2c1cccc(-c2cccc3oc4ccccc4c23)c1. The lowest BCUT2D eigenvalue weighted by molar-refractivity contribution is 0.589. The van der Waals surface area contributed by atoms with Crippen LogP contribution in [0.5, 0.6) is 0 Å². The van der Waals surface area contributed by atoms with Gasteiger partial charge in [0, 0.05) is 44.9 Å². The third-order valence-corrected chi connectivity index (χ3v) is 15.7.